The molecule has 1 amide bonds. The molecule has 7 nitrogen and oxygen atoms in total. The van der Waals surface area contributed by atoms with Gasteiger partial charge in [-0.2, -0.15) is 0 Å². The van der Waals surface area contributed by atoms with Gasteiger partial charge in [0.25, 0.3) is 5.91 Å². The molecule has 1 saturated heterocycles. The number of aromatic nitrogens is 1. The summed E-state index contributed by atoms with van der Waals surface area (Å²) in [4.78, 5) is 20.4. The van der Waals surface area contributed by atoms with Crippen molar-refractivity contribution in [3.05, 3.63) is 46.8 Å². The number of amides is 1. The van der Waals surface area contributed by atoms with Gasteiger partial charge in [-0.25, -0.2) is 5.48 Å². The van der Waals surface area contributed by atoms with Gasteiger partial charge in [-0.15, -0.1) is 0 Å². The van der Waals surface area contributed by atoms with Crippen molar-refractivity contribution in [2.45, 2.75) is 27.3 Å². The van der Waals surface area contributed by atoms with Crippen molar-refractivity contribution in [2.75, 3.05) is 44.9 Å². The summed E-state index contributed by atoms with van der Waals surface area (Å²) in [5, 5.41) is 0. The highest BCUT2D eigenvalue weighted by Crippen LogP contribution is 2.32. The molecule has 152 valence electrons. The average Bonchev–Trinajstić information content (AvgIpc) is 2.96. The summed E-state index contributed by atoms with van der Waals surface area (Å²) in [6.07, 6.45) is 0. The average molecular weight is 387 g/mol. The molecular weight excluding hydrogens is 358 g/mol. The van der Waals surface area contributed by atoms with Crippen LogP contribution in [0.5, 0.6) is 5.75 Å². The molecule has 1 aliphatic heterocycles. The van der Waals surface area contributed by atoms with E-state index in [4.69, 9.17) is 14.3 Å². The Kier molecular flexibility index (Phi) is 6.59. The Bertz CT molecular complexity index is 825. The van der Waals surface area contributed by atoms with E-state index in [1.54, 1.807) is 7.11 Å². The van der Waals surface area contributed by atoms with E-state index in [0.717, 1.165) is 41.3 Å². The number of ether oxygens (including phenoxy) is 2. The van der Waals surface area contributed by atoms with E-state index in [1.165, 1.54) is 0 Å². The van der Waals surface area contributed by atoms with E-state index < -0.39 is 0 Å². The standard InChI is InChI=1S/C21H29N3O4/c1-5-28-22-21(25)20-15(2)19(23-9-11-27-12-10-23)16(3)24(20)14-17-7-6-8-18(13-17)26-4/h6-8,13H,5,9-12,14H2,1-4H3,(H,22,25). The molecule has 0 radical (unpaired) electrons. The second-order valence-corrected chi connectivity index (χ2v) is 6.81. The predicted octanol–water partition coefficient (Wildman–Crippen LogP) is 2.68. The summed E-state index contributed by atoms with van der Waals surface area (Å²) in [5.74, 6) is 0.567. The number of nitrogens with one attached hydrogen (secondary N) is 1. The Balaban J connectivity index is 2.03. The monoisotopic (exact) mass is 387 g/mol. The molecule has 0 unspecified atom stereocenters. The Hall–Kier alpha value is -2.51. The highest BCUT2D eigenvalue weighted by molar-refractivity contribution is 5.96. The first-order valence-electron chi connectivity index (χ1n) is 9.64. The van der Waals surface area contributed by atoms with E-state index >= 15 is 0 Å². The molecule has 1 fully saturated rings. The van der Waals surface area contributed by atoms with Crippen molar-refractivity contribution in [2.24, 2.45) is 0 Å². The van der Waals surface area contributed by atoms with Gasteiger partial charge in [-0.3, -0.25) is 9.63 Å². The van der Waals surface area contributed by atoms with E-state index in [1.807, 2.05) is 38.1 Å². The minimum absolute atomic E-state index is 0.232. The topological polar surface area (TPSA) is 65.0 Å². The number of nitrogens with zero attached hydrogens (tertiary/aromatic N) is 2. The molecule has 1 N–H and O–H groups in total. The van der Waals surface area contributed by atoms with Gasteiger partial charge in [-0.1, -0.05) is 12.1 Å². The van der Waals surface area contributed by atoms with Crippen molar-refractivity contribution >= 4 is 11.6 Å². The third-order valence-corrected chi connectivity index (χ3v) is 5.05. The Morgan fingerprint density at radius 3 is 2.68 bits per heavy atom. The molecule has 2 aromatic rings. The summed E-state index contributed by atoms with van der Waals surface area (Å²) in [7, 11) is 1.65. The van der Waals surface area contributed by atoms with Crippen molar-refractivity contribution in [3.8, 4) is 5.75 Å². The second-order valence-electron chi connectivity index (χ2n) is 6.81. The van der Waals surface area contributed by atoms with E-state index in [2.05, 4.69) is 21.9 Å². The number of hydroxylamine groups is 1. The quantitative estimate of drug-likeness (QED) is 0.740. The van der Waals surface area contributed by atoms with Crippen LogP contribution in [0, 0.1) is 13.8 Å². The minimum Gasteiger partial charge on any atom is -0.497 e. The largest absolute Gasteiger partial charge is 0.497 e. The van der Waals surface area contributed by atoms with E-state index in [-0.39, 0.29) is 5.91 Å². The Morgan fingerprint density at radius 2 is 2.00 bits per heavy atom. The zero-order valence-corrected chi connectivity index (χ0v) is 17.1. The molecule has 0 atom stereocenters. The fourth-order valence-corrected chi connectivity index (χ4v) is 3.76. The fraction of sp³-hybridized carbons (Fsp3) is 0.476. The van der Waals surface area contributed by atoms with Crippen LogP contribution in [0.3, 0.4) is 0 Å². The van der Waals surface area contributed by atoms with Crippen LogP contribution in [-0.4, -0.2) is 50.5 Å². The molecule has 3 rings (SSSR count). The fourth-order valence-electron chi connectivity index (χ4n) is 3.76. The van der Waals surface area contributed by atoms with Crippen molar-refractivity contribution in [1.29, 1.82) is 0 Å². The lowest BCUT2D eigenvalue weighted by Crippen LogP contribution is -2.36. The smallest absolute Gasteiger partial charge is 0.291 e. The number of carbonyl (C=O) groups is 1. The lowest BCUT2D eigenvalue weighted by molar-refractivity contribution is 0.0355. The van der Waals surface area contributed by atoms with Crippen LogP contribution in [0.1, 0.15) is 34.2 Å². The van der Waals surface area contributed by atoms with Gasteiger partial charge in [0.05, 0.1) is 32.6 Å². The molecule has 7 heteroatoms. The van der Waals surface area contributed by atoms with Crippen LogP contribution in [0.2, 0.25) is 0 Å². The first kappa shape index (κ1) is 20.2. The van der Waals surface area contributed by atoms with Gasteiger partial charge in [-0.05, 0) is 38.5 Å². The zero-order chi connectivity index (χ0) is 20.1. The molecule has 0 spiro atoms. The zero-order valence-electron chi connectivity index (χ0n) is 17.1. The number of morpholine rings is 1. The van der Waals surface area contributed by atoms with Gasteiger partial charge < -0.3 is 18.9 Å². The maximum absolute atomic E-state index is 12.9. The lowest BCUT2D eigenvalue weighted by Gasteiger charge is -2.29. The minimum atomic E-state index is -0.232. The molecule has 1 aliphatic rings. The van der Waals surface area contributed by atoms with Gasteiger partial charge in [0.15, 0.2) is 0 Å². The molecule has 1 aromatic heterocycles. The lowest BCUT2D eigenvalue weighted by atomic mass is 10.2. The SMILES string of the molecule is CCONC(=O)c1c(C)c(N2CCOCC2)c(C)n1Cc1cccc(OC)c1. The number of hydrogen-bond donors (Lipinski definition) is 1. The van der Waals surface area contributed by atoms with Crippen molar-refractivity contribution in [3.63, 3.8) is 0 Å². The van der Waals surface area contributed by atoms with Crippen LogP contribution in [0.25, 0.3) is 0 Å². The van der Waals surface area contributed by atoms with Crippen LogP contribution in [-0.2, 0) is 16.1 Å². The van der Waals surface area contributed by atoms with Gasteiger partial charge >= 0.3 is 0 Å². The number of benzene rings is 1. The number of methoxy groups -OCH3 is 1. The number of rotatable bonds is 7. The maximum Gasteiger partial charge on any atom is 0.291 e. The Morgan fingerprint density at radius 1 is 1.25 bits per heavy atom. The predicted molar refractivity (Wildman–Crippen MR) is 108 cm³/mol. The van der Waals surface area contributed by atoms with Crippen LogP contribution in [0.4, 0.5) is 5.69 Å². The van der Waals surface area contributed by atoms with E-state index in [0.29, 0.717) is 32.1 Å². The van der Waals surface area contributed by atoms with Crippen LogP contribution >= 0.6 is 0 Å². The number of hydrogen-bond acceptors (Lipinski definition) is 5. The summed E-state index contributed by atoms with van der Waals surface area (Å²) in [6.45, 7) is 9.92. The van der Waals surface area contributed by atoms with Crippen molar-refractivity contribution in [1.82, 2.24) is 10.0 Å². The number of anilines is 1. The molecule has 28 heavy (non-hydrogen) atoms. The molecule has 2 heterocycles. The van der Waals surface area contributed by atoms with Crippen LogP contribution < -0.4 is 15.1 Å². The third-order valence-electron chi connectivity index (χ3n) is 5.05. The van der Waals surface area contributed by atoms with E-state index in [9.17, 15) is 4.79 Å². The molecular formula is C21H29N3O4. The Labute approximate surface area is 166 Å². The highest BCUT2D eigenvalue weighted by atomic mass is 16.6. The van der Waals surface area contributed by atoms with Crippen LogP contribution in [0.15, 0.2) is 24.3 Å². The number of carbonyl (C=O) groups excluding carboxylic acids is 1. The molecule has 0 aliphatic carbocycles. The summed E-state index contributed by atoms with van der Waals surface area (Å²) >= 11 is 0. The van der Waals surface area contributed by atoms with Gasteiger partial charge in [0, 0.05) is 30.9 Å². The summed E-state index contributed by atoms with van der Waals surface area (Å²) < 4.78 is 12.9. The van der Waals surface area contributed by atoms with Crippen molar-refractivity contribution < 1.29 is 19.1 Å². The maximum atomic E-state index is 12.9. The molecule has 1 aromatic carbocycles. The molecule has 0 bridgehead atoms. The first-order chi connectivity index (χ1) is 13.6. The third kappa shape index (κ3) is 4.15. The summed E-state index contributed by atoms with van der Waals surface area (Å²) in [5.41, 5.74) is 7.36. The summed E-state index contributed by atoms with van der Waals surface area (Å²) in [6, 6.07) is 7.91. The normalized spacial score (nSPS) is 14.2. The van der Waals surface area contributed by atoms with Gasteiger partial charge in [0.1, 0.15) is 11.4 Å². The second kappa shape index (κ2) is 9.12. The first-order valence-corrected chi connectivity index (χ1v) is 9.64. The molecule has 0 saturated carbocycles. The highest BCUT2D eigenvalue weighted by Gasteiger charge is 2.27. The van der Waals surface area contributed by atoms with Gasteiger partial charge in [0.2, 0.25) is 0 Å².